The van der Waals surface area contributed by atoms with E-state index in [2.05, 4.69) is 18.0 Å². The lowest BCUT2D eigenvalue weighted by molar-refractivity contribution is -0.117. The molecule has 0 atom stereocenters. The van der Waals surface area contributed by atoms with Crippen LogP contribution in [0.3, 0.4) is 0 Å². The summed E-state index contributed by atoms with van der Waals surface area (Å²) in [6, 6.07) is 17.9. The molecular formula is C22H24N2O2. The molecule has 0 heterocycles. The Balaban J connectivity index is 1.88. The second-order valence-electron chi connectivity index (χ2n) is 6.02. The van der Waals surface area contributed by atoms with Crippen LogP contribution >= 0.6 is 0 Å². The number of hydrogen-bond acceptors (Lipinski definition) is 2. The molecule has 0 aliphatic heterocycles. The number of carbonyl (C=O) groups excluding carboxylic acids is 2. The van der Waals surface area contributed by atoms with Crippen molar-refractivity contribution >= 4 is 30.2 Å². The van der Waals surface area contributed by atoms with Crippen molar-refractivity contribution in [3.05, 3.63) is 77.9 Å². The largest absolute Gasteiger partial charge is 0.352 e. The van der Waals surface area contributed by atoms with Crippen molar-refractivity contribution < 1.29 is 9.59 Å². The van der Waals surface area contributed by atoms with Crippen molar-refractivity contribution in [3.8, 4) is 0 Å². The van der Waals surface area contributed by atoms with Gasteiger partial charge in [0.25, 0.3) is 0 Å². The molecule has 26 heavy (non-hydrogen) atoms. The second kappa shape index (κ2) is 9.99. The van der Waals surface area contributed by atoms with Crippen molar-refractivity contribution in [1.82, 2.24) is 5.32 Å². The van der Waals surface area contributed by atoms with E-state index in [0.717, 1.165) is 23.2 Å². The van der Waals surface area contributed by atoms with Crippen LogP contribution in [-0.2, 0) is 9.59 Å². The Bertz CT molecular complexity index is 764. The summed E-state index contributed by atoms with van der Waals surface area (Å²) < 4.78 is 0. The quantitative estimate of drug-likeness (QED) is 0.323. The number of carbonyl (C=O) groups is 2. The first-order chi connectivity index (χ1) is 12.6. The molecule has 4 heteroatoms. The zero-order chi connectivity index (χ0) is 18.8. The third-order valence-electron chi connectivity index (χ3n) is 3.87. The molecule has 1 N–H and O–H groups in total. The predicted octanol–water partition coefficient (Wildman–Crippen LogP) is 3.90. The van der Waals surface area contributed by atoms with E-state index in [4.69, 9.17) is 0 Å². The Morgan fingerprint density at radius 2 is 1.65 bits per heavy atom. The topological polar surface area (TPSA) is 49.4 Å². The van der Waals surface area contributed by atoms with Crippen LogP contribution in [0, 0.1) is 0 Å². The van der Waals surface area contributed by atoms with Crippen LogP contribution in [0.25, 0.3) is 12.2 Å². The highest BCUT2D eigenvalue weighted by atomic mass is 16.1. The van der Waals surface area contributed by atoms with E-state index in [1.54, 1.807) is 11.8 Å². The van der Waals surface area contributed by atoms with Crippen molar-refractivity contribution in [2.75, 3.05) is 18.0 Å². The molecule has 2 aromatic rings. The molecule has 0 spiro atoms. The van der Waals surface area contributed by atoms with Gasteiger partial charge in [0.2, 0.25) is 12.3 Å². The summed E-state index contributed by atoms with van der Waals surface area (Å²) in [4.78, 5) is 24.4. The van der Waals surface area contributed by atoms with E-state index in [0.29, 0.717) is 25.1 Å². The van der Waals surface area contributed by atoms with Crippen LogP contribution in [0.1, 0.15) is 24.5 Å². The summed E-state index contributed by atoms with van der Waals surface area (Å²) in [5, 5.41) is 2.76. The van der Waals surface area contributed by atoms with Crippen molar-refractivity contribution in [2.45, 2.75) is 13.3 Å². The summed E-state index contributed by atoms with van der Waals surface area (Å²) in [7, 11) is 0. The maximum atomic E-state index is 11.4. The third-order valence-corrected chi connectivity index (χ3v) is 3.87. The van der Waals surface area contributed by atoms with Gasteiger partial charge in [0, 0.05) is 24.4 Å². The summed E-state index contributed by atoms with van der Waals surface area (Å²) in [5.41, 5.74) is 3.53. The average Bonchev–Trinajstić information content (AvgIpc) is 2.67. The minimum atomic E-state index is -0.155. The standard InChI is InChI=1S/C22H24N2O2/c1-18(2)22(26)23-15-6-16-24(17-25)21-13-11-20(12-14-21)10-9-19-7-4-3-5-8-19/h3-5,7-14,17H,1,6,15-16H2,2H3,(H,23,26). The molecule has 0 radical (unpaired) electrons. The molecule has 0 saturated heterocycles. The number of anilines is 1. The normalized spacial score (nSPS) is 10.5. The van der Waals surface area contributed by atoms with Gasteiger partial charge in [-0.2, -0.15) is 0 Å². The average molecular weight is 348 g/mol. The van der Waals surface area contributed by atoms with Gasteiger partial charge < -0.3 is 10.2 Å². The predicted molar refractivity (Wildman–Crippen MR) is 108 cm³/mol. The second-order valence-corrected chi connectivity index (χ2v) is 6.02. The lowest BCUT2D eigenvalue weighted by Crippen LogP contribution is -2.29. The minimum Gasteiger partial charge on any atom is -0.352 e. The number of hydrogen-bond donors (Lipinski definition) is 1. The van der Waals surface area contributed by atoms with Crippen molar-refractivity contribution in [1.29, 1.82) is 0 Å². The van der Waals surface area contributed by atoms with E-state index in [9.17, 15) is 9.59 Å². The molecular weight excluding hydrogens is 324 g/mol. The summed E-state index contributed by atoms with van der Waals surface area (Å²) in [6.45, 7) is 6.31. The summed E-state index contributed by atoms with van der Waals surface area (Å²) >= 11 is 0. The van der Waals surface area contributed by atoms with Crippen LogP contribution in [0.5, 0.6) is 0 Å². The minimum absolute atomic E-state index is 0.155. The summed E-state index contributed by atoms with van der Waals surface area (Å²) in [5.74, 6) is -0.155. The lowest BCUT2D eigenvalue weighted by atomic mass is 10.1. The number of rotatable bonds is 9. The molecule has 0 aromatic heterocycles. The highest BCUT2D eigenvalue weighted by Crippen LogP contribution is 2.16. The molecule has 0 bridgehead atoms. The van der Waals surface area contributed by atoms with Gasteiger partial charge >= 0.3 is 0 Å². The number of amides is 2. The fourth-order valence-corrected chi connectivity index (χ4v) is 2.38. The van der Waals surface area contributed by atoms with Gasteiger partial charge in [-0.1, -0.05) is 61.2 Å². The van der Waals surface area contributed by atoms with E-state index in [1.165, 1.54) is 0 Å². The van der Waals surface area contributed by atoms with Gasteiger partial charge in [-0.25, -0.2) is 0 Å². The van der Waals surface area contributed by atoms with Gasteiger partial charge in [-0.05, 0) is 36.6 Å². The molecule has 4 nitrogen and oxygen atoms in total. The van der Waals surface area contributed by atoms with Crippen molar-refractivity contribution in [2.24, 2.45) is 0 Å². The first-order valence-corrected chi connectivity index (χ1v) is 8.59. The van der Waals surface area contributed by atoms with E-state index in [-0.39, 0.29) is 5.91 Å². The molecule has 0 aliphatic rings. The molecule has 0 unspecified atom stereocenters. The SMILES string of the molecule is C=C(C)C(=O)NCCCN(C=O)c1ccc(C=Cc2ccccc2)cc1. The third kappa shape index (κ3) is 6.06. The van der Waals surface area contributed by atoms with Gasteiger partial charge in [0.15, 0.2) is 0 Å². The lowest BCUT2D eigenvalue weighted by Gasteiger charge is -2.17. The Morgan fingerprint density at radius 1 is 1.04 bits per heavy atom. The molecule has 2 aromatic carbocycles. The monoisotopic (exact) mass is 348 g/mol. The Labute approximate surface area is 154 Å². The Hall–Kier alpha value is -3.14. The van der Waals surface area contributed by atoms with Crippen LogP contribution in [-0.4, -0.2) is 25.4 Å². The Morgan fingerprint density at radius 3 is 2.23 bits per heavy atom. The first kappa shape index (κ1) is 19.2. The molecule has 134 valence electrons. The molecule has 2 amide bonds. The number of benzene rings is 2. The van der Waals surface area contributed by atoms with Crippen molar-refractivity contribution in [3.63, 3.8) is 0 Å². The van der Waals surface area contributed by atoms with Crippen LogP contribution in [0.4, 0.5) is 5.69 Å². The van der Waals surface area contributed by atoms with E-state index in [1.807, 2.05) is 60.7 Å². The highest BCUT2D eigenvalue weighted by Gasteiger charge is 2.05. The Kier molecular flexibility index (Phi) is 7.37. The van der Waals surface area contributed by atoms with E-state index >= 15 is 0 Å². The van der Waals surface area contributed by atoms with Gasteiger partial charge in [0.1, 0.15) is 0 Å². The smallest absolute Gasteiger partial charge is 0.246 e. The number of nitrogens with zero attached hydrogens (tertiary/aromatic N) is 1. The fraction of sp³-hybridized carbons (Fsp3) is 0.182. The maximum absolute atomic E-state index is 11.4. The maximum Gasteiger partial charge on any atom is 0.246 e. The number of nitrogens with one attached hydrogen (secondary N) is 1. The summed E-state index contributed by atoms with van der Waals surface area (Å²) in [6.07, 6.45) is 5.58. The van der Waals surface area contributed by atoms with Gasteiger partial charge in [-0.3, -0.25) is 9.59 Å². The van der Waals surface area contributed by atoms with Crippen LogP contribution in [0.2, 0.25) is 0 Å². The molecule has 0 aliphatic carbocycles. The zero-order valence-electron chi connectivity index (χ0n) is 15.0. The van der Waals surface area contributed by atoms with E-state index < -0.39 is 0 Å². The van der Waals surface area contributed by atoms with Gasteiger partial charge in [0.05, 0.1) is 0 Å². The highest BCUT2D eigenvalue weighted by molar-refractivity contribution is 5.92. The fourth-order valence-electron chi connectivity index (χ4n) is 2.38. The molecule has 2 rings (SSSR count). The first-order valence-electron chi connectivity index (χ1n) is 8.59. The van der Waals surface area contributed by atoms with Crippen LogP contribution in [0.15, 0.2) is 66.7 Å². The van der Waals surface area contributed by atoms with Gasteiger partial charge in [-0.15, -0.1) is 0 Å². The molecule has 0 fully saturated rings. The molecule has 0 saturated carbocycles. The zero-order valence-corrected chi connectivity index (χ0v) is 15.0. The van der Waals surface area contributed by atoms with Crippen LogP contribution < -0.4 is 10.2 Å².